The van der Waals surface area contributed by atoms with Crippen molar-refractivity contribution < 1.29 is 4.79 Å². The van der Waals surface area contributed by atoms with Crippen LogP contribution in [0.15, 0.2) is 55.4 Å². The van der Waals surface area contributed by atoms with Gasteiger partial charge in [-0.15, -0.1) is 0 Å². The molecule has 8 nitrogen and oxygen atoms in total. The standard InChI is InChI=1S/C20H22ClN7O/c21-17-1-2-19(28-15-23-14-24-28)18(11-17)25-20(29)13-27-9-7-26(8-10-27)12-16-3-5-22-6-4-16/h1-6,11,14-15H,7-10,12-13H2,(H,25,29). The highest BCUT2D eigenvalue weighted by Gasteiger charge is 2.20. The summed E-state index contributed by atoms with van der Waals surface area (Å²) in [5.74, 6) is -0.0729. The maximum Gasteiger partial charge on any atom is 0.238 e. The van der Waals surface area contributed by atoms with Crippen LogP contribution in [0.5, 0.6) is 0 Å². The minimum atomic E-state index is -0.0729. The van der Waals surface area contributed by atoms with Crippen molar-refractivity contribution in [2.24, 2.45) is 0 Å². The minimum Gasteiger partial charge on any atom is -0.323 e. The molecule has 3 heterocycles. The number of piperazine rings is 1. The number of carbonyl (C=O) groups is 1. The molecule has 150 valence electrons. The van der Waals surface area contributed by atoms with Gasteiger partial charge in [0.1, 0.15) is 12.7 Å². The number of benzene rings is 1. The lowest BCUT2D eigenvalue weighted by atomic mass is 10.2. The van der Waals surface area contributed by atoms with Gasteiger partial charge in [0.05, 0.1) is 17.9 Å². The van der Waals surface area contributed by atoms with Gasteiger partial charge in [0.2, 0.25) is 5.91 Å². The van der Waals surface area contributed by atoms with E-state index in [0.29, 0.717) is 17.3 Å². The summed E-state index contributed by atoms with van der Waals surface area (Å²) in [5, 5.41) is 7.65. The molecule has 4 rings (SSSR count). The molecule has 1 aliphatic rings. The van der Waals surface area contributed by atoms with E-state index in [1.807, 2.05) is 30.6 Å². The van der Waals surface area contributed by atoms with Crippen LogP contribution in [0.4, 0.5) is 5.69 Å². The number of aromatic nitrogens is 4. The van der Waals surface area contributed by atoms with Crippen LogP contribution in [-0.2, 0) is 11.3 Å². The molecule has 0 atom stereocenters. The van der Waals surface area contributed by atoms with Crippen LogP contribution in [0.25, 0.3) is 5.69 Å². The van der Waals surface area contributed by atoms with E-state index in [4.69, 9.17) is 11.6 Å². The first-order valence-electron chi connectivity index (χ1n) is 9.45. The second kappa shape index (κ2) is 9.13. The number of amides is 1. The molecule has 0 radical (unpaired) electrons. The molecule has 1 aliphatic heterocycles. The third kappa shape index (κ3) is 5.17. The molecular weight excluding hydrogens is 390 g/mol. The Morgan fingerprint density at radius 1 is 1.03 bits per heavy atom. The van der Waals surface area contributed by atoms with Crippen molar-refractivity contribution in [3.05, 3.63) is 66.0 Å². The maximum atomic E-state index is 12.6. The van der Waals surface area contributed by atoms with Gasteiger partial charge in [-0.3, -0.25) is 19.6 Å². The summed E-state index contributed by atoms with van der Waals surface area (Å²) in [6, 6.07) is 9.37. The lowest BCUT2D eigenvalue weighted by molar-refractivity contribution is -0.117. The Bertz CT molecular complexity index is 941. The van der Waals surface area contributed by atoms with Crippen LogP contribution >= 0.6 is 11.6 Å². The number of halogens is 1. The Morgan fingerprint density at radius 2 is 1.79 bits per heavy atom. The zero-order valence-electron chi connectivity index (χ0n) is 15.9. The van der Waals surface area contributed by atoms with Crippen molar-refractivity contribution in [2.75, 3.05) is 38.0 Å². The van der Waals surface area contributed by atoms with Gasteiger partial charge in [0.25, 0.3) is 0 Å². The predicted molar refractivity (Wildman–Crippen MR) is 111 cm³/mol. The van der Waals surface area contributed by atoms with Crippen LogP contribution in [0.3, 0.4) is 0 Å². The molecule has 1 fully saturated rings. The average molecular weight is 412 g/mol. The molecule has 0 bridgehead atoms. The lowest BCUT2D eigenvalue weighted by Gasteiger charge is -2.34. The summed E-state index contributed by atoms with van der Waals surface area (Å²) in [5.41, 5.74) is 2.60. The first-order chi connectivity index (χ1) is 14.2. The summed E-state index contributed by atoms with van der Waals surface area (Å²) in [7, 11) is 0. The summed E-state index contributed by atoms with van der Waals surface area (Å²) in [4.78, 5) is 25.2. The molecule has 1 saturated heterocycles. The number of nitrogens with zero attached hydrogens (tertiary/aromatic N) is 6. The number of anilines is 1. The second-order valence-corrected chi connectivity index (χ2v) is 7.39. The molecular formula is C20H22ClN7O. The van der Waals surface area contributed by atoms with Crippen LogP contribution < -0.4 is 5.32 Å². The molecule has 1 aromatic carbocycles. The molecule has 3 aromatic rings. The Labute approximate surface area is 174 Å². The Hall–Kier alpha value is -2.81. The highest BCUT2D eigenvalue weighted by atomic mass is 35.5. The molecule has 2 aromatic heterocycles. The van der Waals surface area contributed by atoms with Crippen molar-refractivity contribution in [2.45, 2.75) is 6.54 Å². The normalized spacial score (nSPS) is 15.3. The number of hydrogen-bond donors (Lipinski definition) is 1. The van der Waals surface area contributed by atoms with Crippen LogP contribution in [-0.4, -0.2) is 68.2 Å². The molecule has 0 unspecified atom stereocenters. The first kappa shape index (κ1) is 19.5. The van der Waals surface area contributed by atoms with Gasteiger partial charge in [0.15, 0.2) is 0 Å². The largest absolute Gasteiger partial charge is 0.323 e. The third-order valence-electron chi connectivity index (χ3n) is 4.89. The predicted octanol–water partition coefficient (Wildman–Crippen LogP) is 2.07. The van der Waals surface area contributed by atoms with Crippen molar-refractivity contribution in [1.29, 1.82) is 0 Å². The highest BCUT2D eigenvalue weighted by molar-refractivity contribution is 6.31. The molecule has 1 amide bonds. The van der Waals surface area contributed by atoms with Gasteiger partial charge in [-0.25, -0.2) is 9.67 Å². The Morgan fingerprint density at radius 3 is 2.52 bits per heavy atom. The fourth-order valence-corrected chi connectivity index (χ4v) is 3.56. The number of carbonyl (C=O) groups excluding carboxylic acids is 1. The minimum absolute atomic E-state index is 0.0729. The fraction of sp³-hybridized carbons (Fsp3) is 0.300. The van der Waals surface area contributed by atoms with Crippen LogP contribution in [0, 0.1) is 0 Å². The van der Waals surface area contributed by atoms with Crippen LogP contribution in [0.2, 0.25) is 5.02 Å². The van der Waals surface area contributed by atoms with Gasteiger partial charge < -0.3 is 5.32 Å². The van der Waals surface area contributed by atoms with Gasteiger partial charge in [0, 0.05) is 50.1 Å². The molecule has 0 saturated carbocycles. The van der Waals surface area contributed by atoms with Crippen molar-refractivity contribution in [3.63, 3.8) is 0 Å². The average Bonchev–Trinajstić information content (AvgIpc) is 3.25. The van der Waals surface area contributed by atoms with Crippen molar-refractivity contribution in [1.82, 2.24) is 29.5 Å². The molecule has 0 aliphatic carbocycles. The summed E-state index contributed by atoms with van der Waals surface area (Å²) >= 11 is 6.12. The number of hydrogen-bond acceptors (Lipinski definition) is 6. The van der Waals surface area contributed by atoms with E-state index in [-0.39, 0.29) is 5.91 Å². The van der Waals surface area contributed by atoms with Gasteiger partial charge in [-0.2, -0.15) is 5.10 Å². The topological polar surface area (TPSA) is 79.2 Å². The van der Waals surface area contributed by atoms with E-state index in [1.54, 1.807) is 23.1 Å². The fourth-order valence-electron chi connectivity index (χ4n) is 3.39. The highest BCUT2D eigenvalue weighted by Crippen LogP contribution is 2.24. The van der Waals surface area contributed by atoms with E-state index in [0.717, 1.165) is 38.4 Å². The number of nitrogens with one attached hydrogen (secondary N) is 1. The van der Waals surface area contributed by atoms with E-state index in [1.165, 1.54) is 11.9 Å². The van der Waals surface area contributed by atoms with Crippen molar-refractivity contribution in [3.8, 4) is 5.69 Å². The maximum absolute atomic E-state index is 12.6. The van der Waals surface area contributed by atoms with E-state index in [2.05, 4.69) is 30.2 Å². The van der Waals surface area contributed by atoms with E-state index in [9.17, 15) is 4.79 Å². The summed E-state index contributed by atoms with van der Waals surface area (Å²) in [6.45, 7) is 4.81. The quantitative estimate of drug-likeness (QED) is 0.669. The van der Waals surface area contributed by atoms with E-state index < -0.39 is 0 Å². The van der Waals surface area contributed by atoms with Gasteiger partial charge in [-0.1, -0.05) is 11.6 Å². The zero-order valence-corrected chi connectivity index (χ0v) is 16.7. The first-order valence-corrected chi connectivity index (χ1v) is 9.83. The zero-order chi connectivity index (χ0) is 20.1. The lowest BCUT2D eigenvalue weighted by Crippen LogP contribution is -2.48. The van der Waals surface area contributed by atoms with Gasteiger partial charge in [-0.05, 0) is 35.9 Å². The third-order valence-corrected chi connectivity index (χ3v) is 5.12. The monoisotopic (exact) mass is 411 g/mol. The Balaban J connectivity index is 1.31. The summed E-state index contributed by atoms with van der Waals surface area (Å²) in [6.07, 6.45) is 6.67. The number of rotatable bonds is 6. The Kier molecular flexibility index (Phi) is 6.14. The molecule has 0 spiro atoms. The molecule has 29 heavy (non-hydrogen) atoms. The van der Waals surface area contributed by atoms with Crippen molar-refractivity contribution >= 4 is 23.2 Å². The van der Waals surface area contributed by atoms with Gasteiger partial charge >= 0.3 is 0 Å². The SMILES string of the molecule is O=C(CN1CCN(Cc2ccncc2)CC1)Nc1cc(Cl)ccc1-n1cncn1. The van der Waals surface area contributed by atoms with E-state index >= 15 is 0 Å². The van der Waals surface area contributed by atoms with Crippen LogP contribution in [0.1, 0.15) is 5.56 Å². The smallest absolute Gasteiger partial charge is 0.238 e. The second-order valence-electron chi connectivity index (χ2n) is 6.96. The molecule has 9 heteroatoms. The molecule has 1 N–H and O–H groups in total. The summed E-state index contributed by atoms with van der Waals surface area (Å²) < 4.78 is 1.60. The number of pyridine rings is 1.